The van der Waals surface area contributed by atoms with Gasteiger partial charge in [-0.2, -0.15) is 0 Å². The normalized spacial score (nSPS) is 11.5. The molecule has 0 aliphatic carbocycles. The molecule has 0 fully saturated rings. The molecule has 0 heterocycles. The van der Waals surface area contributed by atoms with Crippen molar-refractivity contribution in [2.75, 3.05) is 0 Å². The largest absolute Gasteiger partial charge is 0.331 e. The lowest BCUT2D eigenvalue weighted by atomic mass is 10.0. The highest BCUT2D eigenvalue weighted by atomic mass is 32.2. The highest BCUT2D eigenvalue weighted by Crippen LogP contribution is 2.28. The fourth-order valence-electron chi connectivity index (χ4n) is 3.77. The average Bonchev–Trinajstić information content (AvgIpc) is 2.92. The molecule has 196 valence electrons. The molecule has 0 aliphatic rings. The fraction of sp³-hybridized carbons (Fsp3) is 0.250. The van der Waals surface area contributed by atoms with Crippen LogP contribution in [0, 0.1) is 6.92 Å². The maximum absolute atomic E-state index is 13.0. The van der Waals surface area contributed by atoms with Crippen LogP contribution in [0.3, 0.4) is 0 Å². The summed E-state index contributed by atoms with van der Waals surface area (Å²) < 4.78 is 0. The van der Waals surface area contributed by atoms with E-state index in [0.717, 1.165) is 46.6 Å². The van der Waals surface area contributed by atoms with Gasteiger partial charge in [0.1, 0.15) is 5.71 Å². The van der Waals surface area contributed by atoms with Crippen molar-refractivity contribution in [1.29, 1.82) is 0 Å². The van der Waals surface area contributed by atoms with Gasteiger partial charge in [-0.3, -0.25) is 9.59 Å². The zero-order chi connectivity index (χ0) is 27.3. The van der Waals surface area contributed by atoms with Crippen LogP contribution in [0.5, 0.6) is 0 Å². The Hall–Kier alpha value is -3.77. The Kier molecular flexibility index (Phi) is 11.2. The summed E-state index contributed by atoms with van der Waals surface area (Å²) in [6, 6.07) is 22.8. The third-order valence-corrected chi connectivity index (χ3v) is 6.90. The smallest absolute Gasteiger partial charge is 0.318 e. The number of carbonyl (C=O) groups is 3. The van der Waals surface area contributed by atoms with Crippen molar-refractivity contribution in [3.05, 3.63) is 101 Å². The van der Waals surface area contributed by atoms with Gasteiger partial charge in [0.15, 0.2) is 5.78 Å². The molecule has 0 saturated heterocycles. The van der Waals surface area contributed by atoms with Gasteiger partial charge < -0.3 is 4.84 Å². The molecule has 38 heavy (non-hydrogen) atoms. The molecule has 0 N–H and O–H groups in total. The number of Topliss-reactive ketones (excluding diaryl/α,β-unsaturated/α-hetero) is 1. The van der Waals surface area contributed by atoms with Gasteiger partial charge in [-0.1, -0.05) is 85.6 Å². The van der Waals surface area contributed by atoms with Gasteiger partial charge in [0.05, 0.1) is 0 Å². The van der Waals surface area contributed by atoms with Crippen molar-refractivity contribution in [2.45, 2.75) is 62.7 Å². The van der Waals surface area contributed by atoms with E-state index in [9.17, 15) is 14.4 Å². The van der Waals surface area contributed by atoms with Gasteiger partial charge >= 0.3 is 5.97 Å². The Morgan fingerprint density at radius 2 is 1.53 bits per heavy atom. The first-order valence-corrected chi connectivity index (χ1v) is 13.6. The van der Waals surface area contributed by atoms with E-state index >= 15 is 0 Å². The van der Waals surface area contributed by atoms with Crippen LogP contribution in [0.25, 0.3) is 6.08 Å². The number of unbranched alkanes of at least 4 members (excludes halogenated alkanes) is 3. The third-order valence-electron chi connectivity index (χ3n) is 5.88. The molecule has 0 atom stereocenters. The standard InChI is InChI=1S/C32H33NO4S/c1-4-5-6-7-12-30(33-37-24(3)34)32(36)26-16-20-28(21-17-26)38-27-18-13-25(14-19-27)15-22-31(35)29-11-9-8-10-23(29)2/h8-11,13-22H,4-7,12H2,1-3H3. The average molecular weight is 528 g/mol. The van der Waals surface area contributed by atoms with Crippen LogP contribution in [0.2, 0.25) is 0 Å². The summed E-state index contributed by atoms with van der Waals surface area (Å²) in [6.45, 7) is 5.32. The Balaban J connectivity index is 1.61. The van der Waals surface area contributed by atoms with Crippen molar-refractivity contribution in [3.8, 4) is 0 Å². The fourth-order valence-corrected chi connectivity index (χ4v) is 4.59. The molecule has 0 aliphatic heterocycles. The summed E-state index contributed by atoms with van der Waals surface area (Å²) in [5, 5.41) is 3.83. The van der Waals surface area contributed by atoms with Crippen LogP contribution in [0.15, 0.2) is 93.8 Å². The van der Waals surface area contributed by atoms with Crippen LogP contribution < -0.4 is 0 Å². The van der Waals surface area contributed by atoms with Crippen LogP contribution in [0.4, 0.5) is 0 Å². The summed E-state index contributed by atoms with van der Waals surface area (Å²) in [5.41, 5.74) is 3.38. The van der Waals surface area contributed by atoms with Crippen molar-refractivity contribution < 1.29 is 19.2 Å². The Labute approximate surface area is 229 Å². The lowest BCUT2D eigenvalue weighted by Crippen LogP contribution is -2.16. The Bertz CT molecular complexity index is 1310. The summed E-state index contributed by atoms with van der Waals surface area (Å²) in [7, 11) is 0. The molecule has 5 nitrogen and oxygen atoms in total. The van der Waals surface area contributed by atoms with E-state index in [0.29, 0.717) is 17.5 Å². The van der Waals surface area contributed by atoms with Gasteiger partial charge in [-0.15, -0.1) is 0 Å². The maximum Gasteiger partial charge on any atom is 0.331 e. The summed E-state index contributed by atoms with van der Waals surface area (Å²) in [6.07, 6.45) is 7.89. The van der Waals surface area contributed by atoms with Gasteiger partial charge in [-0.05, 0) is 73.4 Å². The van der Waals surface area contributed by atoms with E-state index < -0.39 is 5.97 Å². The highest BCUT2D eigenvalue weighted by molar-refractivity contribution is 7.99. The minimum absolute atomic E-state index is 0.0155. The SMILES string of the molecule is CCCCCCC(=NOC(C)=O)C(=O)c1ccc(Sc2ccc(C=CC(=O)c3ccccc3C)cc2)cc1. The number of allylic oxidation sites excluding steroid dienone is 1. The number of aryl methyl sites for hydroxylation is 1. The first kappa shape index (κ1) is 28.8. The monoisotopic (exact) mass is 527 g/mol. The predicted octanol–water partition coefficient (Wildman–Crippen LogP) is 8.11. The number of carbonyl (C=O) groups excluding carboxylic acids is 3. The van der Waals surface area contributed by atoms with Crippen molar-refractivity contribution in [3.63, 3.8) is 0 Å². The Morgan fingerprint density at radius 3 is 2.16 bits per heavy atom. The van der Waals surface area contributed by atoms with Crippen LogP contribution in [-0.4, -0.2) is 23.2 Å². The molecular formula is C32H33NO4S. The van der Waals surface area contributed by atoms with E-state index in [1.165, 1.54) is 6.92 Å². The lowest BCUT2D eigenvalue weighted by molar-refractivity contribution is -0.140. The molecule has 3 aromatic rings. The first-order chi connectivity index (χ1) is 18.4. The molecule has 0 unspecified atom stereocenters. The maximum atomic E-state index is 13.0. The number of benzene rings is 3. The van der Waals surface area contributed by atoms with Crippen LogP contribution >= 0.6 is 11.8 Å². The van der Waals surface area contributed by atoms with Crippen molar-refractivity contribution in [2.24, 2.45) is 5.16 Å². The summed E-state index contributed by atoms with van der Waals surface area (Å²) in [5.74, 6) is -0.788. The minimum Gasteiger partial charge on any atom is -0.318 e. The predicted molar refractivity (Wildman–Crippen MR) is 154 cm³/mol. The van der Waals surface area contributed by atoms with E-state index in [1.54, 1.807) is 30.0 Å². The summed E-state index contributed by atoms with van der Waals surface area (Å²) in [4.78, 5) is 43.5. The van der Waals surface area contributed by atoms with Gasteiger partial charge in [0.25, 0.3) is 0 Å². The number of ketones is 2. The number of hydrogen-bond acceptors (Lipinski definition) is 6. The molecule has 6 heteroatoms. The van der Waals surface area contributed by atoms with Gasteiger partial charge in [-0.25, -0.2) is 4.79 Å². The second-order valence-electron chi connectivity index (χ2n) is 8.97. The first-order valence-electron chi connectivity index (χ1n) is 12.8. The van der Waals surface area contributed by atoms with Gasteiger partial charge in [0.2, 0.25) is 5.78 Å². The molecule has 0 bridgehead atoms. The second kappa shape index (κ2) is 14.8. The molecule has 0 spiro atoms. The molecule has 0 saturated carbocycles. The van der Waals surface area contributed by atoms with E-state index in [2.05, 4.69) is 12.1 Å². The van der Waals surface area contributed by atoms with Crippen molar-refractivity contribution >= 4 is 41.1 Å². The molecular weight excluding hydrogens is 494 g/mol. The molecule has 0 radical (unpaired) electrons. The van der Waals surface area contributed by atoms with Crippen LogP contribution in [0.1, 0.15) is 77.8 Å². The number of rotatable bonds is 13. The number of hydrogen-bond donors (Lipinski definition) is 0. The highest BCUT2D eigenvalue weighted by Gasteiger charge is 2.16. The quantitative estimate of drug-likeness (QED) is 0.0560. The molecule has 0 amide bonds. The van der Waals surface area contributed by atoms with Crippen molar-refractivity contribution in [1.82, 2.24) is 0 Å². The third kappa shape index (κ3) is 8.96. The molecule has 0 aromatic heterocycles. The van der Waals surface area contributed by atoms with E-state index in [4.69, 9.17) is 4.84 Å². The van der Waals surface area contributed by atoms with Gasteiger partial charge in [0, 0.05) is 27.8 Å². The minimum atomic E-state index is -0.546. The van der Waals surface area contributed by atoms with E-state index in [-0.39, 0.29) is 17.3 Å². The zero-order valence-electron chi connectivity index (χ0n) is 22.1. The molecule has 3 rings (SSSR count). The second-order valence-corrected chi connectivity index (χ2v) is 10.1. The number of oxime groups is 1. The zero-order valence-corrected chi connectivity index (χ0v) is 22.9. The van der Waals surface area contributed by atoms with E-state index in [1.807, 2.05) is 73.7 Å². The van der Waals surface area contributed by atoms with Crippen LogP contribution in [-0.2, 0) is 9.63 Å². The lowest BCUT2D eigenvalue weighted by Gasteiger charge is -2.07. The topological polar surface area (TPSA) is 72.8 Å². The number of nitrogens with zero attached hydrogens (tertiary/aromatic N) is 1. The Morgan fingerprint density at radius 1 is 0.868 bits per heavy atom. The molecule has 3 aromatic carbocycles. The summed E-state index contributed by atoms with van der Waals surface area (Å²) >= 11 is 1.58.